The van der Waals surface area contributed by atoms with Crippen molar-refractivity contribution < 1.29 is 14.6 Å². The predicted molar refractivity (Wildman–Crippen MR) is 120 cm³/mol. The minimum Gasteiger partial charge on any atom is -0.393 e. The molecule has 4 heteroatoms. The quantitative estimate of drug-likeness (QED) is 0.572. The number of carbonyl (C=O) groups excluding carboxylic acids is 1. The third-order valence-electron chi connectivity index (χ3n) is 10.6. The van der Waals surface area contributed by atoms with Gasteiger partial charge in [-0.05, 0) is 87.2 Å². The van der Waals surface area contributed by atoms with Crippen molar-refractivity contribution in [2.45, 2.75) is 96.5 Å². The maximum atomic E-state index is 14.1. The zero-order valence-corrected chi connectivity index (χ0v) is 19.6. The van der Waals surface area contributed by atoms with E-state index in [0.29, 0.717) is 35.5 Å². The van der Waals surface area contributed by atoms with Crippen LogP contribution in [0.4, 0.5) is 0 Å². The lowest BCUT2D eigenvalue weighted by atomic mass is 9.56. The Morgan fingerprint density at radius 1 is 1.23 bits per heavy atom. The standard InChI is InChI=1S/C27H39NO3/c1-14-11-21-24(28-13-14)16(3)27(31-21)10-8-19-20-6-5-17-12-18(29)7-9-26(17,4)23(20)25(30)22(19)15(27)2/h5,14,16,18-21,23-24,28-29H,6-13H2,1-4H3/t14-,16+,18+,19+,20+,21-,23-,24-,26+,27-/m1/s1. The number of ketones is 1. The zero-order chi connectivity index (χ0) is 21.7. The van der Waals surface area contributed by atoms with E-state index in [4.69, 9.17) is 4.74 Å². The number of fused-ring (bicyclic) bond motifs is 6. The summed E-state index contributed by atoms with van der Waals surface area (Å²) in [5.74, 6) is 2.41. The van der Waals surface area contributed by atoms with Crippen LogP contribution < -0.4 is 5.32 Å². The van der Waals surface area contributed by atoms with E-state index in [1.165, 1.54) is 11.1 Å². The van der Waals surface area contributed by atoms with Gasteiger partial charge in [0.25, 0.3) is 0 Å². The summed E-state index contributed by atoms with van der Waals surface area (Å²) in [6, 6.07) is 0.410. The minimum absolute atomic E-state index is 0.0653. The summed E-state index contributed by atoms with van der Waals surface area (Å²) in [5.41, 5.74) is 3.43. The second kappa shape index (κ2) is 6.77. The zero-order valence-electron chi connectivity index (χ0n) is 19.6. The van der Waals surface area contributed by atoms with Gasteiger partial charge in [0.1, 0.15) is 0 Å². The van der Waals surface area contributed by atoms with Crippen LogP contribution in [0.25, 0.3) is 0 Å². The highest BCUT2D eigenvalue weighted by Crippen LogP contribution is 2.63. The maximum Gasteiger partial charge on any atom is 0.163 e. The Kier molecular flexibility index (Phi) is 4.51. The molecular weight excluding hydrogens is 386 g/mol. The van der Waals surface area contributed by atoms with Crippen molar-refractivity contribution in [2.24, 2.45) is 35.0 Å². The van der Waals surface area contributed by atoms with Gasteiger partial charge in [-0.25, -0.2) is 0 Å². The maximum absolute atomic E-state index is 14.1. The highest BCUT2D eigenvalue weighted by molar-refractivity contribution is 6.02. The molecule has 31 heavy (non-hydrogen) atoms. The monoisotopic (exact) mass is 425 g/mol. The van der Waals surface area contributed by atoms with Crippen molar-refractivity contribution >= 4 is 5.78 Å². The van der Waals surface area contributed by atoms with Gasteiger partial charge in [0, 0.05) is 23.5 Å². The molecule has 170 valence electrons. The molecule has 4 aliphatic carbocycles. The molecule has 0 bridgehead atoms. The Hall–Kier alpha value is -0.970. The summed E-state index contributed by atoms with van der Waals surface area (Å²) < 4.78 is 6.93. The van der Waals surface area contributed by atoms with Crippen LogP contribution in [0.2, 0.25) is 0 Å². The van der Waals surface area contributed by atoms with Crippen molar-refractivity contribution in [3.63, 3.8) is 0 Å². The van der Waals surface area contributed by atoms with Crippen LogP contribution in [0.1, 0.15) is 72.6 Å². The van der Waals surface area contributed by atoms with Crippen molar-refractivity contribution in [1.82, 2.24) is 5.32 Å². The largest absolute Gasteiger partial charge is 0.393 e. The van der Waals surface area contributed by atoms with E-state index in [2.05, 4.69) is 39.1 Å². The summed E-state index contributed by atoms with van der Waals surface area (Å²) >= 11 is 0. The normalized spacial score (nSPS) is 53.7. The summed E-state index contributed by atoms with van der Waals surface area (Å²) in [6.07, 6.45) is 9.23. The lowest BCUT2D eigenvalue weighted by Crippen LogP contribution is -2.49. The molecule has 4 fully saturated rings. The number of nitrogens with one attached hydrogen (secondary N) is 1. The van der Waals surface area contributed by atoms with E-state index in [1.807, 2.05) is 0 Å². The molecule has 6 aliphatic rings. The Bertz CT molecular complexity index is 876. The number of aliphatic hydroxyl groups is 1. The number of hydrogen-bond donors (Lipinski definition) is 2. The van der Waals surface area contributed by atoms with Crippen LogP contribution in [0.5, 0.6) is 0 Å². The van der Waals surface area contributed by atoms with Gasteiger partial charge in [0.05, 0.1) is 17.8 Å². The predicted octanol–water partition coefficient (Wildman–Crippen LogP) is 4.18. The van der Waals surface area contributed by atoms with Crippen molar-refractivity contribution in [2.75, 3.05) is 6.54 Å². The summed E-state index contributed by atoms with van der Waals surface area (Å²) in [5, 5.41) is 14.0. The molecule has 1 spiro atoms. The number of ether oxygens (including phenoxy) is 1. The van der Waals surface area contributed by atoms with Crippen molar-refractivity contribution in [1.29, 1.82) is 0 Å². The van der Waals surface area contributed by atoms with Crippen molar-refractivity contribution in [3.8, 4) is 0 Å². The number of carbonyl (C=O) groups is 1. The lowest BCUT2D eigenvalue weighted by Gasteiger charge is -2.48. The molecule has 10 atom stereocenters. The van der Waals surface area contributed by atoms with Crippen LogP contribution in [-0.4, -0.2) is 41.3 Å². The van der Waals surface area contributed by atoms with Crippen LogP contribution in [0, 0.1) is 35.0 Å². The molecule has 0 aromatic heterocycles. The number of hydrogen-bond acceptors (Lipinski definition) is 4. The van der Waals surface area contributed by atoms with Gasteiger partial charge in [-0.15, -0.1) is 0 Å². The number of aliphatic hydroxyl groups excluding tert-OH is 1. The number of allylic oxidation sites excluding steroid dienone is 2. The molecular formula is C27H39NO3. The number of rotatable bonds is 0. The van der Waals surface area contributed by atoms with Crippen LogP contribution in [0.3, 0.4) is 0 Å². The van der Waals surface area contributed by atoms with E-state index < -0.39 is 0 Å². The molecule has 0 amide bonds. The first kappa shape index (κ1) is 20.6. The average Bonchev–Trinajstić information content (AvgIpc) is 3.18. The fourth-order valence-corrected chi connectivity index (χ4v) is 8.93. The number of Topliss-reactive ketones (excluding diaryl/α,β-unsaturated/α-hetero) is 1. The smallest absolute Gasteiger partial charge is 0.163 e. The molecule has 0 aromatic rings. The SMILES string of the molecule is CC1=C2C(=O)[C@H]3[C@@H](CC=C4C[C@@H](O)CC[C@@]43C)[C@@H]2CC[C@@]12O[C@@H]1C[C@@H](C)CN[C@@H]1[C@@H]2C. The highest BCUT2D eigenvalue weighted by atomic mass is 16.5. The van der Waals surface area contributed by atoms with Gasteiger partial charge in [-0.2, -0.15) is 0 Å². The Labute approximate surface area is 186 Å². The van der Waals surface area contributed by atoms with Gasteiger partial charge in [-0.3, -0.25) is 4.79 Å². The molecule has 2 aliphatic heterocycles. The van der Waals surface area contributed by atoms with E-state index in [9.17, 15) is 9.90 Å². The fraction of sp³-hybridized carbons (Fsp3) is 0.815. The highest BCUT2D eigenvalue weighted by Gasteiger charge is 2.63. The molecule has 6 rings (SSSR count). The molecule has 2 heterocycles. The van der Waals surface area contributed by atoms with E-state index in [1.54, 1.807) is 0 Å². The molecule has 2 saturated carbocycles. The first-order valence-corrected chi connectivity index (χ1v) is 12.8. The van der Waals surface area contributed by atoms with Gasteiger partial charge < -0.3 is 15.2 Å². The second-order valence-corrected chi connectivity index (χ2v) is 12.1. The molecule has 0 aromatic carbocycles. The van der Waals surface area contributed by atoms with Gasteiger partial charge in [0.15, 0.2) is 5.78 Å². The van der Waals surface area contributed by atoms with Crippen molar-refractivity contribution in [3.05, 3.63) is 22.8 Å². The van der Waals surface area contributed by atoms with Gasteiger partial charge >= 0.3 is 0 Å². The second-order valence-electron chi connectivity index (χ2n) is 12.1. The van der Waals surface area contributed by atoms with Crippen LogP contribution in [0.15, 0.2) is 22.8 Å². The fourth-order valence-electron chi connectivity index (χ4n) is 8.93. The minimum atomic E-state index is -0.263. The Morgan fingerprint density at radius 3 is 2.84 bits per heavy atom. The number of piperidine rings is 1. The van der Waals surface area contributed by atoms with Gasteiger partial charge in [-0.1, -0.05) is 32.4 Å². The van der Waals surface area contributed by atoms with E-state index in [0.717, 1.165) is 57.1 Å². The third kappa shape index (κ3) is 2.62. The molecule has 2 saturated heterocycles. The van der Waals surface area contributed by atoms with E-state index >= 15 is 0 Å². The third-order valence-corrected chi connectivity index (χ3v) is 10.6. The summed E-state index contributed by atoms with van der Waals surface area (Å²) in [4.78, 5) is 14.1. The topological polar surface area (TPSA) is 58.6 Å². The Morgan fingerprint density at radius 2 is 2.03 bits per heavy atom. The molecule has 4 nitrogen and oxygen atoms in total. The first-order chi connectivity index (χ1) is 14.8. The average molecular weight is 426 g/mol. The lowest BCUT2D eigenvalue weighted by molar-refractivity contribution is -0.123. The molecule has 0 unspecified atom stereocenters. The van der Waals surface area contributed by atoms with E-state index in [-0.39, 0.29) is 29.1 Å². The molecule has 2 N–H and O–H groups in total. The summed E-state index contributed by atoms with van der Waals surface area (Å²) in [7, 11) is 0. The van der Waals surface area contributed by atoms with Gasteiger partial charge in [0.2, 0.25) is 0 Å². The Balaban J connectivity index is 1.39. The summed E-state index contributed by atoms with van der Waals surface area (Å²) in [6.45, 7) is 10.3. The van der Waals surface area contributed by atoms with Crippen LogP contribution in [-0.2, 0) is 9.53 Å². The van der Waals surface area contributed by atoms with Crippen LogP contribution >= 0.6 is 0 Å². The molecule has 0 radical (unpaired) electrons. The first-order valence-electron chi connectivity index (χ1n) is 12.8.